The van der Waals surface area contributed by atoms with E-state index in [1.54, 1.807) is 0 Å². The van der Waals surface area contributed by atoms with E-state index in [2.05, 4.69) is 5.10 Å². The van der Waals surface area contributed by atoms with Crippen molar-refractivity contribution >= 4 is 5.71 Å². The number of para-hydroxylation sites is 1. The highest BCUT2D eigenvalue weighted by Gasteiger charge is 2.32. The number of rotatable bonds is 5. The summed E-state index contributed by atoms with van der Waals surface area (Å²) in [6, 6.07) is 9.53. The molecule has 2 atom stereocenters. The fourth-order valence-electron chi connectivity index (χ4n) is 2.25. The summed E-state index contributed by atoms with van der Waals surface area (Å²) in [6.45, 7) is 4.80. The smallest absolute Gasteiger partial charge is 0.139 e. The summed E-state index contributed by atoms with van der Waals surface area (Å²) in [4.78, 5) is 0. The minimum atomic E-state index is -0.553. The molecular weight excluding hydrogens is 240 g/mol. The van der Waals surface area contributed by atoms with Crippen LogP contribution in [0.1, 0.15) is 13.8 Å². The molecule has 102 valence electrons. The number of ether oxygens (including phenoxy) is 1. The summed E-state index contributed by atoms with van der Waals surface area (Å²) in [5.74, 6) is 0.776. The third kappa shape index (κ3) is 3.43. The van der Waals surface area contributed by atoms with E-state index in [0.29, 0.717) is 11.1 Å². The van der Waals surface area contributed by atoms with Crippen molar-refractivity contribution in [3.63, 3.8) is 0 Å². The molecule has 2 rings (SSSR count). The van der Waals surface area contributed by atoms with E-state index < -0.39 is 6.10 Å². The number of allylic oxidation sites excluding steroid dienone is 2. The van der Waals surface area contributed by atoms with Crippen molar-refractivity contribution in [1.29, 1.82) is 0 Å². The predicted octanol–water partition coefficient (Wildman–Crippen LogP) is 2.17. The summed E-state index contributed by atoms with van der Waals surface area (Å²) in [7, 11) is 1.99. The van der Waals surface area contributed by atoms with E-state index in [4.69, 9.17) is 4.74 Å². The molecule has 0 saturated heterocycles. The van der Waals surface area contributed by atoms with Crippen molar-refractivity contribution in [2.45, 2.75) is 20.0 Å². The van der Waals surface area contributed by atoms with Crippen LogP contribution in [-0.2, 0) is 0 Å². The van der Waals surface area contributed by atoms with E-state index >= 15 is 0 Å². The van der Waals surface area contributed by atoms with Gasteiger partial charge in [-0.25, -0.2) is 0 Å². The van der Waals surface area contributed by atoms with Gasteiger partial charge in [0.25, 0.3) is 0 Å². The van der Waals surface area contributed by atoms with Crippen molar-refractivity contribution in [3.8, 4) is 5.75 Å². The van der Waals surface area contributed by atoms with Gasteiger partial charge in [0.15, 0.2) is 0 Å². The minimum absolute atomic E-state index is 0.277. The number of quaternary nitrogens is 1. The Bertz CT molecular complexity index is 496. The van der Waals surface area contributed by atoms with E-state index in [0.717, 1.165) is 17.2 Å². The van der Waals surface area contributed by atoms with Gasteiger partial charge in [-0.2, -0.15) is 4.59 Å². The molecule has 4 heteroatoms. The molecule has 0 saturated carbocycles. The number of aliphatic hydroxyl groups excluding tert-OH is 1. The van der Waals surface area contributed by atoms with Crippen LogP contribution in [0.4, 0.5) is 0 Å². The highest BCUT2D eigenvalue weighted by atomic mass is 16.5. The van der Waals surface area contributed by atoms with Crippen LogP contribution in [0.2, 0.25) is 0 Å². The first-order valence-electron chi connectivity index (χ1n) is 6.47. The van der Waals surface area contributed by atoms with Gasteiger partial charge in [-0.15, -0.1) is 0 Å². The summed E-state index contributed by atoms with van der Waals surface area (Å²) in [5.41, 5.74) is 2.13. The molecule has 19 heavy (non-hydrogen) atoms. The van der Waals surface area contributed by atoms with Gasteiger partial charge in [0.2, 0.25) is 0 Å². The normalized spacial score (nSPS) is 23.8. The Morgan fingerprint density at radius 3 is 2.53 bits per heavy atom. The number of hydrogen-bond acceptors (Lipinski definition) is 3. The summed E-state index contributed by atoms with van der Waals surface area (Å²) in [5, 5.41) is 14.6. The molecule has 0 bridgehead atoms. The quantitative estimate of drug-likeness (QED) is 0.825. The Hall–Kier alpha value is -1.65. The predicted molar refractivity (Wildman–Crippen MR) is 75.9 cm³/mol. The first-order valence-corrected chi connectivity index (χ1v) is 6.47. The van der Waals surface area contributed by atoms with Gasteiger partial charge in [0.1, 0.15) is 30.7 Å². The van der Waals surface area contributed by atoms with Crippen molar-refractivity contribution in [2.75, 3.05) is 20.2 Å². The van der Waals surface area contributed by atoms with Crippen LogP contribution in [0.5, 0.6) is 5.75 Å². The SMILES string of the molecule is CC1=CC(C)=N[N+]1(C)C[C@@H](O)COc1ccccc1. The third-order valence-corrected chi connectivity index (χ3v) is 3.31. The van der Waals surface area contributed by atoms with Crippen LogP contribution in [0, 0.1) is 0 Å². The molecule has 1 N–H and O–H groups in total. The molecule has 0 fully saturated rings. The Balaban J connectivity index is 1.89. The van der Waals surface area contributed by atoms with Crippen LogP contribution in [0.25, 0.3) is 0 Å². The van der Waals surface area contributed by atoms with E-state index in [1.165, 1.54) is 0 Å². The van der Waals surface area contributed by atoms with Crippen molar-refractivity contribution in [3.05, 3.63) is 42.1 Å². The maximum atomic E-state index is 10.1. The number of likely N-dealkylation sites (N-methyl/N-ethyl adjacent to an activating group) is 1. The average Bonchev–Trinajstić information content (AvgIpc) is 2.61. The van der Waals surface area contributed by atoms with Crippen LogP contribution < -0.4 is 4.74 Å². The van der Waals surface area contributed by atoms with Gasteiger partial charge in [0.05, 0.1) is 12.8 Å². The molecule has 0 radical (unpaired) electrons. The van der Waals surface area contributed by atoms with Gasteiger partial charge in [0, 0.05) is 13.0 Å². The molecule has 0 aromatic heterocycles. The minimum Gasteiger partial charge on any atom is -0.491 e. The van der Waals surface area contributed by atoms with Crippen molar-refractivity contribution < 1.29 is 14.4 Å². The van der Waals surface area contributed by atoms with Crippen LogP contribution in [-0.4, -0.2) is 41.7 Å². The lowest BCUT2D eigenvalue weighted by molar-refractivity contribution is -0.880. The zero-order valence-corrected chi connectivity index (χ0v) is 11.7. The number of aliphatic hydroxyl groups is 1. The molecule has 1 unspecified atom stereocenters. The Morgan fingerprint density at radius 1 is 1.26 bits per heavy atom. The van der Waals surface area contributed by atoms with Gasteiger partial charge < -0.3 is 9.84 Å². The Labute approximate surface area is 114 Å². The summed E-state index contributed by atoms with van der Waals surface area (Å²) in [6.07, 6.45) is 1.49. The lowest BCUT2D eigenvalue weighted by atomic mass is 10.3. The monoisotopic (exact) mass is 261 g/mol. The van der Waals surface area contributed by atoms with Crippen molar-refractivity contribution in [1.82, 2.24) is 0 Å². The highest BCUT2D eigenvalue weighted by Crippen LogP contribution is 2.22. The first-order chi connectivity index (χ1) is 8.99. The number of hydrogen-bond donors (Lipinski definition) is 1. The number of nitrogens with zero attached hydrogens (tertiary/aromatic N) is 2. The van der Waals surface area contributed by atoms with Gasteiger partial charge in [-0.1, -0.05) is 23.3 Å². The molecule has 4 nitrogen and oxygen atoms in total. The highest BCUT2D eigenvalue weighted by molar-refractivity contribution is 5.93. The molecule has 1 aliphatic rings. The fourth-order valence-corrected chi connectivity index (χ4v) is 2.25. The lowest BCUT2D eigenvalue weighted by Crippen LogP contribution is -2.43. The maximum Gasteiger partial charge on any atom is 0.139 e. The second kappa shape index (κ2) is 5.55. The van der Waals surface area contributed by atoms with Crippen molar-refractivity contribution in [2.24, 2.45) is 5.10 Å². The van der Waals surface area contributed by atoms with E-state index in [9.17, 15) is 5.11 Å². The molecule has 0 spiro atoms. The van der Waals surface area contributed by atoms with E-state index in [-0.39, 0.29) is 6.61 Å². The zero-order chi connectivity index (χ0) is 13.9. The topological polar surface area (TPSA) is 41.8 Å². The molecule has 1 aliphatic heterocycles. The molecule has 1 aromatic carbocycles. The summed E-state index contributed by atoms with van der Waals surface area (Å²) >= 11 is 0. The molecule has 0 aliphatic carbocycles. The Kier molecular flexibility index (Phi) is 4.02. The van der Waals surface area contributed by atoms with Crippen LogP contribution in [0.3, 0.4) is 0 Å². The maximum absolute atomic E-state index is 10.1. The van der Waals surface area contributed by atoms with Gasteiger partial charge in [-0.05, 0) is 19.1 Å². The van der Waals surface area contributed by atoms with Crippen LogP contribution >= 0.6 is 0 Å². The summed E-state index contributed by atoms with van der Waals surface area (Å²) < 4.78 is 5.97. The number of benzene rings is 1. The Morgan fingerprint density at radius 2 is 1.95 bits per heavy atom. The van der Waals surface area contributed by atoms with Crippen LogP contribution in [0.15, 0.2) is 47.2 Å². The fraction of sp³-hybridized carbons (Fsp3) is 0.400. The zero-order valence-electron chi connectivity index (χ0n) is 11.7. The van der Waals surface area contributed by atoms with E-state index in [1.807, 2.05) is 57.3 Å². The molecule has 1 heterocycles. The largest absolute Gasteiger partial charge is 0.491 e. The second-order valence-corrected chi connectivity index (χ2v) is 5.13. The van der Waals surface area contributed by atoms with Gasteiger partial charge in [-0.3, -0.25) is 0 Å². The molecular formula is C15H21N2O2+. The first kappa shape index (κ1) is 13.8. The molecule has 1 aromatic rings. The molecule has 0 amide bonds. The average molecular weight is 261 g/mol. The van der Waals surface area contributed by atoms with Gasteiger partial charge >= 0.3 is 0 Å². The third-order valence-electron chi connectivity index (χ3n) is 3.31. The standard InChI is InChI=1S/C15H21N2O2/c1-12-9-13(2)17(3,16-12)10-14(18)11-19-15-7-5-4-6-8-15/h4-9,14,18H,10-11H2,1-3H3/q+1/t14-,17?/m1/s1. The lowest BCUT2D eigenvalue weighted by Gasteiger charge is -2.27. The second-order valence-electron chi connectivity index (χ2n) is 5.13.